The summed E-state index contributed by atoms with van der Waals surface area (Å²) in [5.41, 5.74) is 2.05. The molecule has 2 N–H and O–H groups in total. The van der Waals surface area contributed by atoms with Gasteiger partial charge in [0.1, 0.15) is 0 Å². The fourth-order valence-electron chi connectivity index (χ4n) is 4.58. The van der Waals surface area contributed by atoms with E-state index in [1.165, 1.54) is 4.90 Å². The summed E-state index contributed by atoms with van der Waals surface area (Å²) in [7, 11) is 3.12. The Labute approximate surface area is 193 Å². The minimum Gasteiger partial charge on any atom is -0.493 e. The highest BCUT2D eigenvalue weighted by molar-refractivity contribution is 6.22. The Balaban J connectivity index is 1.43. The molecule has 174 valence electrons. The molecule has 33 heavy (non-hydrogen) atoms. The molecule has 2 aromatic carbocycles. The van der Waals surface area contributed by atoms with E-state index in [4.69, 9.17) is 9.47 Å². The van der Waals surface area contributed by atoms with Crippen LogP contribution >= 0.6 is 0 Å². The second kappa shape index (κ2) is 9.52. The first-order chi connectivity index (χ1) is 15.9. The van der Waals surface area contributed by atoms with Crippen molar-refractivity contribution in [3.05, 3.63) is 53.1 Å². The predicted molar refractivity (Wildman–Crippen MR) is 124 cm³/mol. The van der Waals surface area contributed by atoms with E-state index in [2.05, 4.69) is 10.6 Å². The molecule has 1 atom stereocenters. The zero-order valence-electron chi connectivity index (χ0n) is 19.1. The molecule has 0 aromatic heterocycles. The highest BCUT2D eigenvalue weighted by atomic mass is 16.5. The molecule has 8 heteroatoms. The zero-order valence-corrected chi connectivity index (χ0v) is 19.1. The number of methoxy groups -OCH3 is 2. The van der Waals surface area contributed by atoms with E-state index >= 15 is 0 Å². The maximum Gasteiger partial charge on any atom is 0.319 e. The smallest absolute Gasteiger partial charge is 0.319 e. The van der Waals surface area contributed by atoms with Gasteiger partial charge >= 0.3 is 6.03 Å². The van der Waals surface area contributed by atoms with Crippen molar-refractivity contribution < 1.29 is 23.9 Å². The van der Waals surface area contributed by atoms with Crippen LogP contribution in [-0.2, 0) is 0 Å². The lowest BCUT2D eigenvalue weighted by Crippen LogP contribution is -2.40. The fourth-order valence-corrected chi connectivity index (χ4v) is 4.58. The Hall–Kier alpha value is -3.55. The summed E-state index contributed by atoms with van der Waals surface area (Å²) in [6, 6.07) is 9.54. The van der Waals surface area contributed by atoms with Gasteiger partial charge in [-0.1, -0.05) is 25.3 Å². The average molecular weight is 452 g/mol. The number of rotatable bonds is 6. The highest BCUT2D eigenvalue weighted by Crippen LogP contribution is 2.33. The number of nitrogens with one attached hydrogen (secondary N) is 2. The number of anilines is 1. The van der Waals surface area contributed by atoms with Crippen molar-refractivity contribution in [2.45, 2.75) is 51.1 Å². The number of benzene rings is 2. The van der Waals surface area contributed by atoms with Gasteiger partial charge in [0, 0.05) is 11.7 Å². The van der Waals surface area contributed by atoms with Gasteiger partial charge in [-0.2, -0.15) is 0 Å². The van der Waals surface area contributed by atoms with Crippen LogP contribution in [0.1, 0.15) is 71.3 Å². The number of hydrogen-bond donors (Lipinski definition) is 2. The van der Waals surface area contributed by atoms with E-state index < -0.39 is 6.03 Å². The molecule has 1 unspecified atom stereocenters. The molecule has 0 saturated heterocycles. The summed E-state index contributed by atoms with van der Waals surface area (Å²) in [5, 5.41) is 5.64. The molecule has 1 fully saturated rings. The Morgan fingerprint density at radius 2 is 1.64 bits per heavy atom. The number of carbonyl (C=O) groups is 3. The summed E-state index contributed by atoms with van der Waals surface area (Å²) >= 11 is 0. The molecule has 0 bridgehead atoms. The fraction of sp³-hybridized carbons (Fsp3) is 0.400. The molecule has 0 spiro atoms. The number of ether oxygens (including phenoxy) is 2. The van der Waals surface area contributed by atoms with Gasteiger partial charge in [-0.15, -0.1) is 0 Å². The number of urea groups is 1. The van der Waals surface area contributed by atoms with Gasteiger partial charge in [0.15, 0.2) is 11.5 Å². The first-order valence-electron chi connectivity index (χ1n) is 11.2. The number of nitrogens with zero attached hydrogens (tertiary/aromatic N) is 1. The Morgan fingerprint density at radius 1 is 0.939 bits per heavy atom. The number of amides is 4. The van der Waals surface area contributed by atoms with Crippen LogP contribution in [0.5, 0.6) is 11.5 Å². The number of carbonyl (C=O) groups excluding carboxylic acids is 3. The van der Waals surface area contributed by atoms with Crippen LogP contribution < -0.4 is 20.1 Å². The van der Waals surface area contributed by atoms with Crippen molar-refractivity contribution in [3.8, 4) is 11.5 Å². The third-order valence-corrected chi connectivity index (χ3v) is 6.37. The largest absolute Gasteiger partial charge is 0.493 e. The molecule has 1 aliphatic heterocycles. The summed E-state index contributed by atoms with van der Waals surface area (Å²) in [6.07, 6.45) is 4.91. The van der Waals surface area contributed by atoms with Crippen molar-refractivity contribution in [1.82, 2.24) is 10.2 Å². The summed E-state index contributed by atoms with van der Waals surface area (Å²) in [6.45, 7) is 1.85. The van der Waals surface area contributed by atoms with Gasteiger partial charge in [0.05, 0.1) is 31.4 Å². The van der Waals surface area contributed by atoms with Crippen LogP contribution in [0.2, 0.25) is 0 Å². The minimum absolute atomic E-state index is 0.0341. The van der Waals surface area contributed by atoms with Crippen LogP contribution in [0, 0.1) is 0 Å². The summed E-state index contributed by atoms with van der Waals surface area (Å²) in [5.74, 6) is 0.676. The average Bonchev–Trinajstić information content (AvgIpc) is 3.08. The molecular formula is C25H29N3O5. The number of imide groups is 1. The van der Waals surface area contributed by atoms with Crippen molar-refractivity contribution in [3.63, 3.8) is 0 Å². The molecule has 4 amide bonds. The quantitative estimate of drug-likeness (QED) is 0.630. The van der Waals surface area contributed by atoms with Gasteiger partial charge in [-0.3, -0.25) is 14.5 Å². The zero-order chi connectivity index (χ0) is 23.5. The van der Waals surface area contributed by atoms with Crippen molar-refractivity contribution >= 4 is 23.5 Å². The van der Waals surface area contributed by atoms with E-state index in [0.717, 1.165) is 37.7 Å². The van der Waals surface area contributed by atoms with Crippen LogP contribution in [0.15, 0.2) is 36.4 Å². The molecule has 1 aliphatic carbocycles. The van der Waals surface area contributed by atoms with Crippen LogP contribution in [0.25, 0.3) is 0 Å². The Kier molecular flexibility index (Phi) is 6.53. The maximum absolute atomic E-state index is 13.0. The summed E-state index contributed by atoms with van der Waals surface area (Å²) in [4.78, 5) is 39.8. The molecule has 2 aliphatic rings. The van der Waals surface area contributed by atoms with E-state index in [9.17, 15) is 14.4 Å². The van der Waals surface area contributed by atoms with Crippen LogP contribution in [0.4, 0.5) is 10.5 Å². The number of hydrogen-bond acceptors (Lipinski definition) is 5. The molecule has 1 saturated carbocycles. The maximum atomic E-state index is 13.0. The van der Waals surface area contributed by atoms with Gasteiger partial charge in [-0.25, -0.2) is 4.79 Å². The molecule has 0 radical (unpaired) electrons. The van der Waals surface area contributed by atoms with E-state index in [1.807, 2.05) is 19.1 Å². The first-order valence-corrected chi connectivity index (χ1v) is 11.2. The molecular weight excluding hydrogens is 422 g/mol. The lowest BCUT2D eigenvalue weighted by molar-refractivity contribution is 0.0549. The van der Waals surface area contributed by atoms with Gasteiger partial charge < -0.3 is 20.1 Å². The second-order valence-electron chi connectivity index (χ2n) is 8.47. The van der Waals surface area contributed by atoms with Gasteiger partial charge in [0.25, 0.3) is 11.8 Å². The van der Waals surface area contributed by atoms with E-state index in [0.29, 0.717) is 28.3 Å². The Morgan fingerprint density at radius 3 is 2.33 bits per heavy atom. The number of fused-ring (bicyclic) bond motifs is 1. The monoisotopic (exact) mass is 451 g/mol. The van der Waals surface area contributed by atoms with Crippen molar-refractivity contribution in [2.75, 3.05) is 19.5 Å². The molecule has 4 rings (SSSR count). The topological polar surface area (TPSA) is 97.0 Å². The van der Waals surface area contributed by atoms with E-state index in [1.54, 1.807) is 38.5 Å². The Bertz CT molecular complexity index is 1080. The normalized spacial score (nSPS) is 16.9. The third-order valence-electron chi connectivity index (χ3n) is 6.37. The second-order valence-corrected chi connectivity index (χ2v) is 8.47. The summed E-state index contributed by atoms with van der Waals surface area (Å²) < 4.78 is 10.6. The lowest BCUT2D eigenvalue weighted by atomic mass is 9.94. The van der Waals surface area contributed by atoms with Crippen LogP contribution in [0.3, 0.4) is 0 Å². The van der Waals surface area contributed by atoms with Crippen LogP contribution in [-0.4, -0.2) is 43.0 Å². The molecule has 1 heterocycles. The SMILES string of the molecule is COc1ccc(C(C)NC(=O)Nc2ccc3c(c2)C(=O)N(C2CCCCC2)C3=O)cc1OC. The molecule has 2 aromatic rings. The third kappa shape index (κ3) is 4.51. The van der Waals surface area contributed by atoms with Gasteiger partial charge in [0.2, 0.25) is 0 Å². The van der Waals surface area contributed by atoms with Crippen molar-refractivity contribution in [2.24, 2.45) is 0 Å². The standard InChI is InChI=1S/C25H29N3O5/c1-15(16-9-12-21(32-2)22(13-16)33-3)26-25(31)27-17-10-11-19-20(14-17)24(30)28(23(19)29)18-7-5-4-6-8-18/h9-15,18H,4-8H2,1-3H3,(H2,26,27,31). The lowest BCUT2D eigenvalue weighted by Gasteiger charge is -2.29. The highest BCUT2D eigenvalue weighted by Gasteiger charge is 2.40. The van der Waals surface area contributed by atoms with E-state index in [-0.39, 0.29) is 23.9 Å². The molecule has 8 nitrogen and oxygen atoms in total. The van der Waals surface area contributed by atoms with Gasteiger partial charge in [-0.05, 0) is 55.7 Å². The first kappa shape index (κ1) is 22.6. The predicted octanol–water partition coefficient (Wildman–Crippen LogP) is 4.52. The minimum atomic E-state index is -0.418. The van der Waals surface area contributed by atoms with Crippen molar-refractivity contribution in [1.29, 1.82) is 0 Å².